The van der Waals surface area contributed by atoms with Gasteiger partial charge in [0.2, 0.25) is 8.32 Å². The Morgan fingerprint density at radius 2 is 1.91 bits per heavy atom. The van der Waals surface area contributed by atoms with Gasteiger partial charge in [-0.25, -0.2) is 0 Å². The van der Waals surface area contributed by atoms with E-state index in [0.717, 1.165) is 25.0 Å². The Kier molecular flexibility index (Phi) is 5.50. The van der Waals surface area contributed by atoms with Crippen molar-refractivity contribution >= 4 is 8.32 Å². The average Bonchev–Trinajstić information content (AvgIpc) is 2.43. The zero-order chi connectivity index (χ0) is 17.0. The molecule has 1 aliphatic rings. The first-order valence-corrected chi connectivity index (χ1v) is 10.7. The van der Waals surface area contributed by atoms with Gasteiger partial charge in [-0.3, -0.25) is 0 Å². The second kappa shape index (κ2) is 6.60. The lowest BCUT2D eigenvalue weighted by atomic mass is 9.71. The molecule has 0 bridgehead atoms. The summed E-state index contributed by atoms with van der Waals surface area (Å²) in [4.78, 5) is 0. The molecule has 0 aromatic rings. The van der Waals surface area contributed by atoms with E-state index in [1.54, 1.807) is 0 Å². The number of rotatable bonds is 4. The lowest BCUT2D eigenvalue weighted by Gasteiger charge is -2.39. The maximum absolute atomic E-state index is 9.48. The van der Waals surface area contributed by atoms with Crippen molar-refractivity contribution in [3.8, 4) is 24.5 Å². The van der Waals surface area contributed by atoms with Gasteiger partial charge >= 0.3 is 0 Å². The van der Waals surface area contributed by atoms with Gasteiger partial charge in [-0.15, -0.1) is 12.3 Å². The van der Waals surface area contributed by atoms with Crippen LogP contribution in [0.15, 0.2) is 11.8 Å². The molecule has 3 nitrogen and oxygen atoms in total. The number of nitrogens with zero attached hydrogens (tertiary/aromatic N) is 2. The van der Waals surface area contributed by atoms with Gasteiger partial charge in [-0.1, -0.05) is 20.8 Å². The fourth-order valence-electron chi connectivity index (χ4n) is 2.40. The summed E-state index contributed by atoms with van der Waals surface area (Å²) >= 11 is 0. The van der Waals surface area contributed by atoms with Crippen LogP contribution in [0.1, 0.15) is 46.5 Å². The van der Waals surface area contributed by atoms with Crippen LogP contribution in [0.4, 0.5) is 0 Å². The highest BCUT2D eigenvalue weighted by atomic mass is 28.4. The Hall–Kier alpha value is -1.70. The standard InChI is InChI=1S/C18H26N2OSi/c1-7-11-18(13-19,14-20)15-9-8-10-16(12-15)21-22(5,6)17(2,3)4/h1,12,15H,8-11H2,2-6H3. The SMILES string of the molecule is C#CCC(C#N)(C#N)C1C=C(O[Si](C)(C)C(C)(C)C)CCC1. The number of nitriles is 2. The summed E-state index contributed by atoms with van der Waals surface area (Å²) in [6.45, 7) is 11.0. The average molecular weight is 315 g/mol. The summed E-state index contributed by atoms with van der Waals surface area (Å²) < 4.78 is 6.37. The molecule has 0 amide bonds. The predicted octanol–water partition coefficient (Wildman–Crippen LogP) is 4.75. The van der Waals surface area contributed by atoms with Crippen molar-refractivity contribution in [3.05, 3.63) is 11.8 Å². The Bertz CT molecular complexity index is 550. The van der Waals surface area contributed by atoms with E-state index < -0.39 is 13.7 Å². The van der Waals surface area contributed by atoms with Crippen LogP contribution in [0, 0.1) is 46.3 Å². The minimum absolute atomic E-state index is 0.126. The minimum atomic E-state index is -1.89. The first-order chi connectivity index (χ1) is 10.1. The van der Waals surface area contributed by atoms with Crippen LogP contribution in [0.3, 0.4) is 0 Å². The molecule has 22 heavy (non-hydrogen) atoms. The van der Waals surface area contributed by atoms with Crippen LogP contribution >= 0.6 is 0 Å². The quantitative estimate of drug-likeness (QED) is 0.556. The molecule has 0 spiro atoms. The van der Waals surface area contributed by atoms with Crippen LogP contribution in [0.2, 0.25) is 18.1 Å². The lowest BCUT2D eigenvalue weighted by Crippen LogP contribution is -2.41. The highest BCUT2D eigenvalue weighted by Gasteiger charge is 2.42. The Balaban J connectivity index is 3.07. The molecular weight excluding hydrogens is 288 g/mol. The highest BCUT2D eigenvalue weighted by molar-refractivity contribution is 6.74. The Morgan fingerprint density at radius 3 is 2.36 bits per heavy atom. The molecule has 4 heteroatoms. The van der Waals surface area contributed by atoms with E-state index in [2.05, 4.69) is 51.9 Å². The smallest absolute Gasteiger partial charge is 0.250 e. The van der Waals surface area contributed by atoms with Crippen molar-refractivity contribution in [2.24, 2.45) is 11.3 Å². The van der Waals surface area contributed by atoms with Gasteiger partial charge < -0.3 is 4.43 Å². The van der Waals surface area contributed by atoms with Gasteiger partial charge in [0.1, 0.15) is 0 Å². The third kappa shape index (κ3) is 3.73. The van der Waals surface area contributed by atoms with Gasteiger partial charge in [-0.05, 0) is 37.0 Å². The molecule has 0 aromatic carbocycles. The molecule has 118 valence electrons. The first kappa shape index (κ1) is 18.3. The molecule has 0 radical (unpaired) electrons. The van der Waals surface area contributed by atoms with Crippen molar-refractivity contribution < 1.29 is 4.43 Å². The van der Waals surface area contributed by atoms with Gasteiger partial charge in [0, 0.05) is 18.8 Å². The Morgan fingerprint density at radius 1 is 1.32 bits per heavy atom. The zero-order valence-corrected chi connectivity index (χ0v) is 15.4. The summed E-state index contributed by atoms with van der Waals surface area (Å²) in [5.41, 5.74) is -1.13. The van der Waals surface area contributed by atoms with E-state index in [0.29, 0.717) is 0 Å². The molecule has 1 unspecified atom stereocenters. The summed E-state index contributed by atoms with van der Waals surface area (Å²) in [7, 11) is -1.89. The van der Waals surface area contributed by atoms with E-state index in [1.165, 1.54) is 0 Å². The van der Waals surface area contributed by atoms with Gasteiger partial charge in [0.25, 0.3) is 0 Å². The van der Waals surface area contributed by atoms with E-state index in [9.17, 15) is 10.5 Å². The molecule has 0 aliphatic heterocycles. The summed E-state index contributed by atoms with van der Waals surface area (Å²) in [5, 5.41) is 19.1. The van der Waals surface area contributed by atoms with Crippen LogP contribution in [0.25, 0.3) is 0 Å². The van der Waals surface area contributed by atoms with Crippen molar-refractivity contribution in [1.29, 1.82) is 10.5 Å². The summed E-state index contributed by atoms with van der Waals surface area (Å²) in [6, 6.07) is 4.31. The van der Waals surface area contributed by atoms with Crippen molar-refractivity contribution in [2.45, 2.75) is 64.6 Å². The summed E-state index contributed by atoms with van der Waals surface area (Å²) in [6.07, 6.45) is 10.1. The van der Waals surface area contributed by atoms with Crippen molar-refractivity contribution in [2.75, 3.05) is 0 Å². The monoisotopic (exact) mass is 314 g/mol. The van der Waals surface area contributed by atoms with Crippen molar-refractivity contribution in [1.82, 2.24) is 0 Å². The van der Waals surface area contributed by atoms with Crippen molar-refractivity contribution in [3.63, 3.8) is 0 Å². The second-order valence-electron chi connectivity index (χ2n) is 7.57. The molecule has 1 rings (SSSR count). The third-order valence-electron chi connectivity index (χ3n) is 4.93. The van der Waals surface area contributed by atoms with E-state index in [1.807, 2.05) is 6.08 Å². The Labute approximate surface area is 136 Å². The molecule has 1 atom stereocenters. The topological polar surface area (TPSA) is 56.8 Å². The highest BCUT2D eigenvalue weighted by Crippen LogP contribution is 2.43. The number of hydrogen-bond acceptors (Lipinski definition) is 3. The maximum Gasteiger partial charge on any atom is 0.250 e. The second-order valence-corrected chi connectivity index (χ2v) is 12.3. The van der Waals surface area contributed by atoms with Gasteiger partial charge in [-0.2, -0.15) is 10.5 Å². The third-order valence-corrected chi connectivity index (χ3v) is 9.32. The van der Waals surface area contributed by atoms with Crippen LogP contribution in [-0.4, -0.2) is 8.32 Å². The van der Waals surface area contributed by atoms with E-state index in [-0.39, 0.29) is 17.4 Å². The van der Waals surface area contributed by atoms with E-state index in [4.69, 9.17) is 10.8 Å². The van der Waals surface area contributed by atoms with Gasteiger partial charge in [0.15, 0.2) is 5.41 Å². The lowest BCUT2D eigenvalue weighted by molar-refractivity contribution is 0.291. The van der Waals surface area contributed by atoms with Crippen LogP contribution in [-0.2, 0) is 4.43 Å². The fraction of sp³-hybridized carbons (Fsp3) is 0.667. The zero-order valence-electron chi connectivity index (χ0n) is 14.4. The minimum Gasteiger partial charge on any atom is -0.547 e. The first-order valence-electron chi connectivity index (χ1n) is 7.77. The largest absolute Gasteiger partial charge is 0.547 e. The molecule has 0 saturated heterocycles. The number of hydrogen-bond donors (Lipinski definition) is 0. The van der Waals surface area contributed by atoms with E-state index >= 15 is 0 Å². The number of terminal acetylenes is 1. The fourth-order valence-corrected chi connectivity index (χ4v) is 3.54. The number of allylic oxidation sites excluding steroid dienone is 2. The molecule has 0 N–H and O–H groups in total. The molecule has 0 saturated carbocycles. The molecule has 0 aromatic heterocycles. The molecular formula is C18H26N2OSi. The van der Waals surface area contributed by atoms with Gasteiger partial charge in [0.05, 0.1) is 17.9 Å². The van der Waals surface area contributed by atoms with Crippen LogP contribution in [0.5, 0.6) is 0 Å². The molecule has 0 heterocycles. The summed E-state index contributed by atoms with van der Waals surface area (Å²) in [5.74, 6) is 3.28. The molecule has 1 aliphatic carbocycles. The predicted molar refractivity (Wildman–Crippen MR) is 90.8 cm³/mol. The maximum atomic E-state index is 9.48. The normalized spacial score (nSPS) is 19.4. The van der Waals surface area contributed by atoms with Crippen LogP contribution < -0.4 is 0 Å². The molecule has 0 fully saturated rings.